The van der Waals surface area contributed by atoms with Crippen molar-refractivity contribution in [2.24, 2.45) is 0 Å². The van der Waals surface area contributed by atoms with Crippen molar-refractivity contribution in [1.29, 1.82) is 0 Å². The summed E-state index contributed by atoms with van der Waals surface area (Å²) in [6, 6.07) is 1.94. The fraction of sp³-hybridized carbons (Fsp3) is 0.667. The molecule has 2 aromatic rings. The Labute approximate surface area is 133 Å². The van der Waals surface area contributed by atoms with Gasteiger partial charge < -0.3 is 10.1 Å². The zero-order chi connectivity index (χ0) is 15.5. The van der Waals surface area contributed by atoms with Crippen molar-refractivity contribution in [3.8, 4) is 0 Å². The maximum atomic E-state index is 12.1. The van der Waals surface area contributed by atoms with Crippen molar-refractivity contribution in [1.82, 2.24) is 14.6 Å². The van der Waals surface area contributed by atoms with E-state index in [0.717, 1.165) is 49.4 Å². The van der Waals surface area contributed by atoms with Gasteiger partial charge in [-0.2, -0.15) is 4.52 Å². The summed E-state index contributed by atoms with van der Waals surface area (Å²) >= 11 is 1.44. The smallest absolute Gasteiger partial charge is 0.275 e. The molecule has 7 heteroatoms. The molecule has 0 amide bonds. The van der Waals surface area contributed by atoms with Gasteiger partial charge in [0.2, 0.25) is 10.1 Å². The number of aromatic nitrogens is 3. The highest BCUT2D eigenvalue weighted by Gasteiger charge is 2.22. The normalized spacial score (nSPS) is 22.1. The van der Waals surface area contributed by atoms with E-state index in [4.69, 9.17) is 4.74 Å². The molecule has 1 aliphatic carbocycles. The van der Waals surface area contributed by atoms with E-state index in [9.17, 15) is 4.79 Å². The van der Waals surface area contributed by atoms with E-state index in [1.807, 2.05) is 0 Å². The molecule has 0 aromatic carbocycles. The van der Waals surface area contributed by atoms with Crippen molar-refractivity contribution in [3.05, 3.63) is 22.1 Å². The maximum Gasteiger partial charge on any atom is 0.275 e. The highest BCUT2D eigenvalue weighted by Crippen LogP contribution is 2.25. The van der Waals surface area contributed by atoms with Gasteiger partial charge in [0.05, 0.1) is 6.10 Å². The molecule has 0 radical (unpaired) electrons. The number of rotatable bonds is 5. The molecule has 22 heavy (non-hydrogen) atoms. The molecular formula is C15H22N4O2S. The molecule has 2 atom stereocenters. The van der Waals surface area contributed by atoms with E-state index in [-0.39, 0.29) is 5.56 Å². The fourth-order valence-corrected chi connectivity index (χ4v) is 3.86. The molecule has 2 aromatic heterocycles. The minimum atomic E-state index is -0.101. The third-order valence-corrected chi connectivity index (χ3v) is 4.93. The lowest BCUT2D eigenvalue weighted by molar-refractivity contribution is 0.0669. The van der Waals surface area contributed by atoms with Gasteiger partial charge in [-0.05, 0) is 32.1 Å². The summed E-state index contributed by atoms with van der Waals surface area (Å²) < 4.78 is 6.85. The van der Waals surface area contributed by atoms with E-state index < -0.39 is 0 Å². The van der Waals surface area contributed by atoms with Crippen molar-refractivity contribution in [2.75, 3.05) is 12.4 Å². The number of anilines is 1. The molecule has 0 saturated heterocycles. The Balaban J connectivity index is 1.80. The molecule has 3 rings (SSSR count). The molecule has 1 N–H and O–H groups in total. The van der Waals surface area contributed by atoms with Crippen LogP contribution in [0.5, 0.6) is 0 Å². The zero-order valence-corrected chi connectivity index (χ0v) is 13.9. The molecule has 1 aliphatic rings. The Morgan fingerprint density at radius 1 is 1.50 bits per heavy atom. The second kappa shape index (κ2) is 6.75. The van der Waals surface area contributed by atoms with Crippen LogP contribution in [0.1, 0.15) is 44.7 Å². The van der Waals surface area contributed by atoms with Crippen LogP contribution in [0.15, 0.2) is 10.9 Å². The Hall–Kier alpha value is -1.47. The number of methoxy groups -OCH3 is 1. The summed E-state index contributed by atoms with van der Waals surface area (Å²) in [4.78, 5) is 17.3. The Kier molecular flexibility index (Phi) is 4.73. The fourth-order valence-electron chi connectivity index (χ4n) is 2.96. The van der Waals surface area contributed by atoms with Crippen LogP contribution >= 0.6 is 11.3 Å². The Bertz CT molecular complexity index is 696. The van der Waals surface area contributed by atoms with Gasteiger partial charge in [-0.15, -0.1) is 5.10 Å². The first-order valence-electron chi connectivity index (χ1n) is 7.88. The first-order chi connectivity index (χ1) is 10.7. The summed E-state index contributed by atoms with van der Waals surface area (Å²) in [5.74, 6) is 0. The van der Waals surface area contributed by atoms with E-state index >= 15 is 0 Å². The van der Waals surface area contributed by atoms with Crippen LogP contribution in [0.25, 0.3) is 4.96 Å². The maximum absolute atomic E-state index is 12.1. The summed E-state index contributed by atoms with van der Waals surface area (Å²) in [5.41, 5.74) is 0.746. The predicted molar refractivity (Wildman–Crippen MR) is 87.8 cm³/mol. The average Bonchev–Trinajstić information content (AvgIpc) is 2.91. The minimum absolute atomic E-state index is 0.101. The van der Waals surface area contributed by atoms with Crippen LogP contribution < -0.4 is 10.9 Å². The molecule has 120 valence electrons. The number of ether oxygens (including phenoxy) is 1. The summed E-state index contributed by atoms with van der Waals surface area (Å²) in [6.07, 6.45) is 6.49. The van der Waals surface area contributed by atoms with E-state index in [1.165, 1.54) is 15.9 Å². The van der Waals surface area contributed by atoms with E-state index in [2.05, 4.69) is 22.3 Å². The number of nitrogens with zero attached hydrogens (tertiary/aromatic N) is 3. The SMILES string of the molecule is CCCc1cc(=O)n2nc(NC3CCCC(OC)C3)sc2n1. The van der Waals surface area contributed by atoms with Crippen molar-refractivity contribution < 1.29 is 4.74 Å². The second-order valence-corrected chi connectivity index (χ2v) is 6.76. The van der Waals surface area contributed by atoms with Gasteiger partial charge >= 0.3 is 0 Å². The van der Waals surface area contributed by atoms with Gasteiger partial charge in [-0.3, -0.25) is 4.79 Å². The zero-order valence-electron chi connectivity index (χ0n) is 13.0. The molecule has 2 heterocycles. The minimum Gasteiger partial charge on any atom is -0.381 e. The van der Waals surface area contributed by atoms with Crippen LogP contribution in [-0.4, -0.2) is 33.9 Å². The van der Waals surface area contributed by atoms with Crippen LogP contribution in [0.3, 0.4) is 0 Å². The van der Waals surface area contributed by atoms with Gasteiger partial charge in [-0.1, -0.05) is 24.7 Å². The number of hydrogen-bond acceptors (Lipinski definition) is 6. The highest BCUT2D eigenvalue weighted by atomic mass is 32.1. The van der Waals surface area contributed by atoms with E-state index in [0.29, 0.717) is 17.1 Å². The van der Waals surface area contributed by atoms with Crippen LogP contribution in [0.4, 0.5) is 5.13 Å². The van der Waals surface area contributed by atoms with Gasteiger partial charge in [0.1, 0.15) is 0 Å². The second-order valence-electron chi connectivity index (χ2n) is 5.80. The van der Waals surface area contributed by atoms with Crippen molar-refractivity contribution >= 4 is 21.4 Å². The topological polar surface area (TPSA) is 68.5 Å². The summed E-state index contributed by atoms with van der Waals surface area (Å²) in [7, 11) is 1.77. The Morgan fingerprint density at radius 2 is 2.36 bits per heavy atom. The van der Waals surface area contributed by atoms with E-state index in [1.54, 1.807) is 13.2 Å². The lowest BCUT2D eigenvalue weighted by Crippen LogP contribution is -2.31. The third kappa shape index (κ3) is 3.30. The van der Waals surface area contributed by atoms with Crippen LogP contribution in [0, 0.1) is 0 Å². The summed E-state index contributed by atoms with van der Waals surface area (Å²) in [6.45, 7) is 2.08. The van der Waals surface area contributed by atoms with Crippen molar-refractivity contribution in [3.63, 3.8) is 0 Å². The molecule has 1 fully saturated rings. The number of nitrogens with one attached hydrogen (secondary N) is 1. The quantitative estimate of drug-likeness (QED) is 0.916. The van der Waals surface area contributed by atoms with Gasteiger partial charge in [0.25, 0.3) is 5.56 Å². The number of fused-ring (bicyclic) bond motifs is 1. The number of hydrogen-bond donors (Lipinski definition) is 1. The van der Waals surface area contributed by atoms with Gasteiger partial charge in [0.15, 0.2) is 0 Å². The van der Waals surface area contributed by atoms with Gasteiger partial charge in [-0.25, -0.2) is 4.98 Å². The molecule has 6 nitrogen and oxygen atoms in total. The van der Waals surface area contributed by atoms with Crippen molar-refractivity contribution in [2.45, 2.75) is 57.6 Å². The Morgan fingerprint density at radius 3 is 3.14 bits per heavy atom. The largest absolute Gasteiger partial charge is 0.381 e. The van der Waals surface area contributed by atoms with Crippen LogP contribution in [0.2, 0.25) is 0 Å². The number of aryl methyl sites for hydroxylation is 1. The van der Waals surface area contributed by atoms with Gasteiger partial charge in [0, 0.05) is 24.9 Å². The summed E-state index contributed by atoms with van der Waals surface area (Å²) in [5, 5.41) is 8.57. The third-order valence-electron chi connectivity index (χ3n) is 4.09. The molecule has 0 aliphatic heterocycles. The average molecular weight is 322 g/mol. The first kappa shape index (κ1) is 15.4. The lowest BCUT2D eigenvalue weighted by atomic mass is 9.93. The van der Waals surface area contributed by atoms with Crippen LogP contribution in [-0.2, 0) is 11.2 Å². The molecule has 2 unspecified atom stereocenters. The predicted octanol–water partition coefficient (Wildman–Crippen LogP) is 2.47. The molecule has 1 saturated carbocycles. The molecular weight excluding hydrogens is 300 g/mol. The standard InChI is InChI=1S/C15H22N4O2S/c1-3-5-10-9-13(20)19-15(17-10)22-14(18-19)16-11-6-4-7-12(8-11)21-2/h9,11-12H,3-8H2,1-2H3,(H,16,18). The molecule has 0 spiro atoms. The molecule has 0 bridgehead atoms. The lowest BCUT2D eigenvalue weighted by Gasteiger charge is -2.28. The monoisotopic (exact) mass is 322 g/mol. The first-order valence-corrected chi connectivity index (χ1v) is 8.70. The highest BCUT2D eigenvalue weighted by molar-refractivity contribution is 7.20.